The van der Waals surface area contributed by atoms with Crippen LogP contribution in [0.1, 0.15) is 26.7 Å². The molecular weight excluding hydrogens is 320 g/mol. The first-order valence-electron chi connectivity index (χ1n) is 9.05. The van der Waals surface area contributed by atoms with Crippen LogP contribution in [0, 0.1) is 0 Å². The van der Waals surface area contributed by atoms with Crippen molar-refractivity contribution in [3.63, 3.8) is 0 Å². The molecule has 3 rings (SSSR count). The number of nitrogens with one attached hydrogen (secondary N) is 1. The Bertz CT molecular complexity index is 579. The van der Waals surface area contributed by atoms with Gasteiger partial charge in [0, 0.05) is 19.7 Å². The summed E-state index contributed by atoms with van der Waals surface area (Å²) < 4.78 is 16.9. The molecule has 25 heavy (non-hydrogen) atoms. The maximum Gasteiger partial charge on any atom is 0.244 e. The zero-order chi connectivity index (χ0) is 17.7. The van der Waals surface area contributed by atoms with Crippen LogP contribution in [-0.2, 0) is 14.3 Å². The second-order valence-corrected chi connectivity index (χ2v) is 7.05. The molecule has 2 aliphatic heterocycles. The van der Waals surface area contributed by atoms with E-state index in [1.165, 1.54) is 0 Å². The number of benzene rings is 1. The average molecular weight is 348 g/mol. The Balaban J connectivity index is 1.63. The lowest BCUT2D eigenvalue weighted by Gasteiger charge is -2.39. The van der Waals surface area contributed by atoms with Crippen LogP contribution >= 0.6 is 0 Å². The van der Waals surface area contributed by atoms with Crippen molar-refractivity contribution in [3.8, 4) is 5.75 Å². The normalized spacial score (nSPS) is 21.9. The van der Waals surface area contributed by atoms with Crippen molar-refractivity contribution in [1.29, 1.82) is 0 Å². The van der Waals surface area contributed by atoms with Gasteiger partial charge in [0.25, 0.3) is 0 Å². The predicted octanol–water partition coefficient (Wildman–Crippen LogP) is 2.29. The molecule has 1 N–H and O–H groups in total. The molecule has 2 saturated heterocycles. The van der Waals surface area contributed by atoms with Crippen LogP contribution in [0.3, 0.4) is 0 Å². The van der Waals surface area contributed by atoms with E-state index >= 15 is 0 Å². The van der Waals surface area contributed by atoms with E-state index < -0.39 is 5.54 Å². The van der Waals surface area contributed by atoms with E-state index in [9.17, 15) is 4.79 Å². The molecule has 0 spiro atoms. The van der Waals surface area contributed by atoms with E-state index in [1.807, 2.05) is 38.1 Å². The predicted molar refractivity (Wildman–Crippen MR) is 96.0 cm³/mol. The Labute approximate surface area is 149 Å². The molecule has 0 radical (unpaired) electrons. The van der Waals surface area contributed by atoms with Crippen LogP contribution in [0.2, 0.25) is 0 Å². The van der Waals surface area contributed by atoms with E-state index in [0.717, 1.165) is 32.5 Å². The molecule has 1 amide bonds. The highest BCUT2D eigenvalue weighted by Crippen LogP contribution is 2.27. The Morgan fingerprint density at radius 3 is 2.76 bits per heavy atom. The maximum atomic E-state index is 12.9. The van der Waals surface area contributed by atoms with Crippen LogP contribution in [0.4, 0.5) is 5.69 Å². The first-order valence-corrected chi connectivity index (χ1v) is 9.05. The highest BCUT2D eigenvalue weighted by molar-refractivity contribution is 5.98. The third-order valence-corrected chi connectivity index (χ3v) is 4.94. The van der Waals surface area contributed by atoms with Gasteiger partial charge in [0.15, 0.2) is 0 Å². The lowest BCUT2D eigenvalue weighted by molar-refractivity contribution is -0.129. The van der Waals surface area contributed by atoms with Crippen LogP contribution in [0.5, 0.6) is 5.75 Å². The summed E-state index contributed by atoms with van der Waals surface area (Å²) in [6.07, 6.45) is 2.26. The summed E-state index contributed by atoms with van der Waals surface area (Å²) >= 11 is 0. The average Bonchev–Trinajstić information content (AvgIpc) is 3.15. The van der Waals surface area contributed by atoms with Crippen molar-refractivity contribution in [2.45, 2.75) is 38.3 Å². The summed E-state index contributed by atoms with van der Waals surface area (Å²) in [5, 5.41) is 3.04. The van der Waals surface area contributed by atoms with Crippen LogP contribution in [0.15, 0.2) is 24.3 Å². The monoisotopic (exact) mass is 348 g/mol. The van der Waals surface area contributed by atoms with Gasteiger partial charge >= 0.3 is 0 Å². The van der Waals surface area contributed by atoms with Gasteiger partial charge in [-0.25, -0.2) is 0 Å². The number of hydrogen-bond donors (Lipinski definition) is 1. The highest BCUT2D eigenvalue weighted by atomic mass is 16.5. The summed E-state index contributed by atoms with van der Waals surface area (Å²) in [5.74, 6) is 0.645. The second kappa shape index (κ2) is 8.17. The zero-order valence-electron chi connectivity index (χ0n) is 15.1. The fourth-order valence-corrected chi connectivity index (χ4v) is 3.20. The summed E-state index contributed by atoms with van der Waals surface area (Å²) in [6.45, 7) is 8.07. The van der Waals surface area contributed by atoms with Gasteiger partial charge < -0.3 is 19.5 Å². The number of anilines is 1. The molecule has 6 nitrogen and oxygen atoms in total. The van der Waals surface area contributed by atoms with Gasteiger partial charge in [-0.1, -0.05) is 12.1 Å². The summed E-state index contributed by atoms with van der Waals surface area (Å²) in [4.78, 5) is 15.0. The number of hydrogen-bond acceptors (Lipinski definition) is 5. The number of morpholine rings is 1. The van der Waals surface area contributed by atoms with Crippen LogP contribution in [-0.4, -0.2) is 62.0 Å². The largest absolute Gasteiger partial charge is 0.489 e. The van der Waals surface area contributed by atoms with Gasteiger partial charge in [-0.05, 0) is 38.8 Å². The standard InChI is InChI=1S/C19H28N2O4/c1-19(2,21-9-12-23-13-10-21)18(22)20-16-7-3-4-8-17(16)25-14-15-6-5-11-24-15/h3-4,7-8,15H,5-6,9-14H2,1-2H3,(H,20,22). The number of carbonyl (C=O) groups is 1. The lowest BCUT2D eigenvalue weighted by atomic mass is 10.0. The Morgan fingerprint density at radius 1 is 1.28 bits per heavy atom. The van der Waals surface area contributed by atoms with Gasteiger partial charge in [-0.15, -0.1) is 0 Å². The van der Waals surface area contributed by atoms with Crippen molar-refractivity contribution in [2.24, 2.45) is 0 Å². The minimum absolute atomic E-state index is 0.0393. The third-order valence-electron chi connectivity index (χ3n) is 4.94. The number of nitrogens with zero attached hydrogens (tertiary/aromatic N) is 1. The van der Waals surface area contributed by atoms with Crippen molar-refractivity contribution in [2.75, 3.05) is 44.8 Å². The molecule has 1 atom stereocenters. The summed E-state index contributed by atoms with van der Waals surface area (Å²) in [7, 11) is 0. The Kier molecular flexibility index (Phi) is 5.93. The van der Waals surface area contributed by atoms with E-state index in [2.05, 4.69) is 10.2 Å². The quantitative estimate of drug-likeness (QED) is 0.855. The Morgan fingerprint density at radius 2 is 2.04 bits per heavy atom. The summed E-state index contributed by atoms with van der Waals surface area (Å²) in [5.41, 5.74) is 0.0951. The molecule has 138 valence electrons. The first kappa shape index (κ1) is 18.2. The number of carbonyl (C=O) groups excluding carboxylic acids is 1. The smallest absolute Gasteiger partial charge is 0.244 e. The van der Waals surface area contributed by atoms with Crippen LogP contribution < -0.4 is 10.1 Å². The van der Waals surface area contributed by atoms with Crippen molar-refractivity contribution < 1.29 is 19.0 Å². The Hall–Kier alpha value is -1.63. The zero-order valence-corrected chi connectivity index (χ0v) is 15.1. The van der Waals surface area contributed by atoms with Crippen molar-refractivity contribution >= 4 is 11.6 Å². The maximum absolute atomic E-state index is 12.9. The molecule has 1 aromatic rings. The van der Waals surface area contributed by atoms with E-state index in [0.29, 0.717) is 31.3 Å². The van der Waals surface area contributed by atoms with Crippen molar-refractivity contribution in [1.82, 2.24) is 4.90 Å². The van der Waals surface area contributed by atoms with Gasteiger partial charge in [-0.3, -0.25) is 9.69 Å². The highest BCUT2D eigenvalue weighted by Gasteiger charge is 2.35. The molecule has 0 bridgehead atoms. The molecule has 1 unspecified atom stereocenters. The SMILES string of the molecule is CC(C)(C(=O)Nc1ccccc1OCC1CCCO1)N1CCOCC1. The number of amides is 1. The van der Waals surface area contributed by atoms with Gasteiger partial charge in [0.2, 0.25) is 5.91 Å². The number of para-hydroxylation sites is 2. The van der Waals surface area contributed by atoms with Crippen LogP contribution in [0.25, 0.3) is 0 Å². The topological polar surface area (TPSA) is 60.0 Å². The van der Waals surface area contributed by atoms with Gasteiger partial charge in [0.1, 0.15) is 12.4 Å². The molecule has 0 aliphatic carbocycles. The fourth-order valence-electron chi connectivity index (χ4n) is 3.20. The summed E-state index contributed by atoms with van der Waals surface area (Å²) in [6, 6.07) is 7.56. The first-order chi connectivity index (χ1) is 12.1. The minimum atomic E-state index is -0.606. The molecule has 1 aromatic carbocycles. The molecular formula is C19H28N2O4. The van der Waals surface area contributed by atoms with Crippen molar-refractivity contribution in [3.05, 3.63) is 24.3 Å². The number of ether oxygens (including phenoxy) is 3. The van der Waals surface area contributed by atoms with Gasteiger partial charge in [-0.2, -0.15) is 0 Å². The molecule has 2 aliphatic rings. The van der Waals surface area contributed by atoms with E-state index in [-0.39, 0.29) is 12.0 Å². The van der Waals surface area contributed by atoms with E-state index in [1.54, 1.807) is 0 Å². The lowest BCUT2D eigenvalue weighted by Crippen LogP contribution is -2.56. The fraction of sp³-hybridized carbons (Fsp3) is 0.632. The third kappa shape index (κ3) is 4.51. The molecule has 0 aromatic heterocycles. The van der Waals surface area contributed by atoms with E-state index in [4.69, 9.17) is 14.2 Å². The molecule has 2 heterocycles. The number of rotatable bonds is 6. The van der Waals surface area contributed by atoms with Gasteiger partial charge in [0.05, 0.1) is 30.5 Å². The molecule has 0 saturated carbocycles. The molecule has 2 fully saturated rings. The minimum Gasteiger partial charge on any atom is -0.489 e. The second-order valence-electron chi connectivity index (χ2n) is 7.05. The molecule has 6 heteroatoms.